The third-order valence-electron chi connectivity index (χ3n) is 3.79. The average Bonchev–Trinajstić information content (AvgIpc) is 2.82. The summed E-state index contributed by atoms with van der Waals surface area (Å²) in [5.74, 6) is 0.236. The summed E-state index contributed by atoms with van der Waals surface area (Å²) in [7, 11) is 1.33. The number of ether oxygens (including phenoxy) is 1. The van der Waals surface area contributed by atoms with E-state index in [2.05, 4.69) is 15.3 Å². The number of aromatic nitrogens is 2. The normalized spacial score (nSPS) is 12.5. The molecule has 0 aliphatic rings. The number of aryl methyl sites for hydroxylation is 3. The minimum Gasteiger partial charge on any atom is -0.467 e. The average molecular weight is 349 g/mol. The highest BCUT2D eigenvalue weighted by atomic mass is 32.1. The number of esters is 1. The van der Waals surface area contributed by atoms with E-state index >= 15 is 0 Å². The van der Waals surface area contributed by atoms with Gasteiger partial charge in [0.1, 0.15) is 16.7 Å². The Labute approximate surface area is 145 Å². The first-order valence-corrected chi connectivity index (χ1v) is 8.69. The van der Waals surface area contributed by atoms with Crippen LogP contribution in [0.5, 0.6) is 0 Å². The van der Waals surface area contributed by atoms with Crippen molar-refractivity contribution in [3.05, 3.63) is 22.0 Å². The van der Waals surface area contributed by atoms with E-state index in [4.69, 9.17) is 4.74 Å². The Morgan fingerprint density at radius 1 is 1.21 bits per heavy atom. The first-order valence-electron chi connectivity index (χ1n) is 7.87. The van der Waals surface area contributed by atoms with E-state index in [9.17, 15) is 9.59 Å². The molecule has 2 aromatic heterocycles. The third-order valence-corrected chi connectivity index (χ3v) is 4.97. The summed E-state index contributed by atoms with van der Waals surface area (Å²) in [5.41, 5.74) is 1.70. The standard InChI is InChI=1S/C17H23N3O3S/c1-8(2)7-12(17(22)23-6)20-15(21)14-9(3)13-10(4)18-11(5)19-16(13)24-14/h8,12H,7H2,1-6H3,(H,20,21). The number of methoxy groups -OCH3 is 1. The predicted molar refractivity (Wildman–Crippen MR) is 94.4 cm³/mol. The van der Waals surface area contributed by atoms with Crippen molar-refractivity contribution in [2.75, 3.05) is 7.11 Å². The number of fused-ring (bicyclic) bond motifs is 1. The van der Waals surface area contributed by atoms with Crippen molar-refractivity contribution >= 4 is 33.4 Å². The summed E-state index contributed by atoms with van der Waals surface area (Å²) < 4.78 is 4.80. The highest BCUT2D eigenvalue weighted by Gasteiger charge is 2.26. The Bertz CT molecular complexity index is 783. The van der Waals surface area contributed by atoms with Crippen LogP contribution in [0, 0.1) is 26.7 Å². The van der Waals surface area contributed by atoms with Crippen LogP contribution in [0.15, 0.2) is 0 Å². The van der Waals surface area contributed by atoms with Gasteiger partial charge in [-0.15, -0.1) is 11.3 Å². The summed E-state index contributed by atoms with van der Waals surface area (Å²) in [6.07, 6.45) is 0.528. The highest BCUT2D eigenvalue weighted by Crippen LogP contribution is 2.31. The maximum absolute atomic E-state index is 12.7. The molecule has 0 bridgehead atoms. The summed E-state index contributed by atoms with van der Waals surface area (Å²) >= 11 is 1.33. The molecule has 0 aromatic carbocycles. The number of hydrogen-bond acceptors (Lipinski definition) is 6. The van der Waals surface area contributed by atoms with Gasteiger partial charge in [-0.25, -0.2) is 14.8 Å². The van der Waals surface area contributed by atoms with Crippen LogP contribution >= 0.6 is 11.3 Å². The first kappa shape index (κ1) is 18.3. The van der Waals surface area contributed by atoms with E-state index in [0.29, 0.717) is 17.1 Å². The molecule has 1 unspecified atom stereocenters. The lowest BCUT2D eigenvalue weighted by atomic mass is 10.0. The van der Waals surface area contributed by atoms with Crippen molar-refractivity contribution in [2.24, 2.45) is 5.92 Å². The van der Waals surface area contributed by atoms with Gasteiger partial charge in [0, 0.05) is 11.1 Å². The van der Waals surface area contributed by atoms with Gasteiger partial charge in [0.25, 0.3) is 5.91 Å². The quantitative estimate of drug-likeness (QED) is 0.839. The molecule has 7 heteroatoms. The van der Waals surface area contributed by atoms with Gasteiger partial charge in [0.15, 0.2) is 0 Å². The summed E-state index contributed by atoms with van der Waals surface area (Å²) in [5, 5.41) is 3.71. The lowest BCUT2D eigenvalue weighted by Crippen LogP contribution is -2.42. The molecule has 2 heterocycles. The van der Waals surface area contributed by atoms with Gasteiger partial charge in [0.05, 0.1) is 12.0 Å². The molecule has 0 spiro atoms. The topological polar surface area (TPSA) is 81.2 Å². The number of rotatable bonds is 5. The molecular weight excluding hydrogens is 326 g/mol. The van der Waals surface area contributed by atoms with E-state index in [-0.39, 0.29) is 11.8 Å². The van der Waals surface area contributed by atoms with E-state index in [1.165, 1.54) is 18.4 Å². The van der Waals surface area contributed by atoms with E-state index in [0.717, 1.165) is 21.5 Å². The van der Waals surface area contributed by atoms with Gasteiger partial charge in [0.2, 0.25) is 0 Å². The monoisotopic (exact) mass is 349 g/mol. The molecule has 0 radical (unpaired) electrons. The van der Waals surface area contributed by atoms with Crippen LogP contribution in [0.3, 0.4) is 0 Å². The van der Waals surface area contributed by atoms with Crippen LogP contribution in [0.1, 0.15) is 47.0 Å². The Morgan fingerprint density at radius 2 is 1.88 bits per heavy atom. The number of nitrogens with zero attached hydrogens (tertiary/aromatic N) is 2. The van der Waals surface area contributed by atoms with Crippen LogP contribution in [0.4, 0.5) is 0 Å². The summed E-state index contributed by atoms with van der Waals surface area (Å²) in [6.45, 7) is 9.61. The number of carbonyl (C=O) groups is 2. The summed E-state index contributed by atoms with van der Waals surface area (Å²) in [6, 6.07) is -0.652. The molecule has 130 valence electrons. The number of amides is 1. The Hall–Kier alpha value is -2.02. The molecule has 24 heavy (non-hydrogen) atoms. The van der Waals surface area contributed by atoms with E-state index in [1.54, 1.807) is 0 Å². The highest BCUT2D eigenvalue weighted by molar-refractivity contribution is 7.20. The van der Waals surface area contributed by atoms with Crippen molar-refractivity contribution in [2.45, 2.75) is 47.1 Å². The molecule has 1 atom stereocenters. The maximum Gasteiger partial charge on any atom is 0.328 e. The largest absolute Gasteiger partial charge is 0.467 e. The predicted octanol–water partition coefficient (Wildman–Crippen LogP) is 2.93. The van der Waals surface area contributed by atoms with Gasteiger partial charge in [-0.1, -0.05) is 13.8 Å². The van der Waals surface area contributed by atoms with Gasteiger partial charge in [-0.05, 0) is 38.7 Å². The smallest absolute Gasteiger partial charge is 0.328 e. The van der Waals surface area contributed by atoms with Crippen molar-refractivity contribution in [3.63, 3.8) is 0 Å². The van der Waals surface area contributed by atoms with E-state index in [1.807, 2.05) is 34.6 Å². The number of hydrogen-bond donors (Lipinski definition) is 1. The molecule has 6 nitrogen and oxygen atoms in total. The van der Waals surface area contributed by atoms with Crippen molar-refractivity contribution < 1.29 is 14.3 Å². The molecule has 1 N–H and O–H groups in total. The van der Waals surface area contributed by atoms with Crippen LogP contribution in [0.2, 0.25) is 0 Å². The number of carbonyl (C=O) groups excluding carboxylic acids is 2. The third kappa shape index (κ3) is 3.72. The summed E-state index contributed by atoms with van der Waals surface area (Å²) in [4.78, 5) is 34.7. The van der Waals surface area contributed by atoms with Gasteiger partial charge < -0.3 is 10.1 Å². The molecule has 0 aliphatic heterocycles. The molecule has 1 amide bonds. The fourth-order valence-electron chi connectivity index (χ4n) is 2.74. The first-order chi connectivity index (χ1) is 11.2. The zero-order valence-electron chi connectivity index (χ0n) is 14.9. The molecule has 2 aromatic rings. The minimum absolute atomic E-state index is 0.258. The zero-order valence-corrected chi connectivity index (χ0v) is 15.7. The van der Waals surface area contributed by atoms with Gasteiger partial charge >= 0.3 is 5.97 Å². The van der Waals surface area contributed by atoms with Crippen LogP contribution in [-0.2, 0) is 9.53 Å². The Morgan fingerprint density at radius 3 is 2.46 bits per heavy atom. The minimum atomic E-state index is -0.652. The molecule has 0 saturated carbocycles. The van der Waals surface area contributed by atoms with Crippen molar-refractivity contribution in [1.29, 1.82) is 0 Å². The Balaban J connectivity index is 2.35. The second kappa shape index (κ2) is 7.25. The van der Waals surface area contributed by atoms with Crippen LogP contribution < -0.4 is 5.32 Å². The second-order valence-corrected chi connectivity index (χ2v) is 7.27. The number of nitrogens with one attached hydrogen (secondary N) is 1. The fourth-order valence-corrected chi connectivity index (χ4v) is 3.92. The molecule has 0 saturated heterocycles. The molecule has 0 aliphatic carbocycles. The molecule has 0 fully saturated rings. The van der Waals surface area contributed by atoms with Crippen LogP contribution in [-0.4, -0.2) is 35.0 Å². The SMILES string of the molecule is COC(=O)C(CC(C)C)NC(=O)c1sc2nc(C)nc(C)c2c1C. The van der Waals surface area contributed by atoms with Crippen molar-refractivity contribution in [1.82, 2.24) is 15.3 Å². The van der Waals surface area contributed by atoms with Gasteiger partial charge in [-0.2, -0.15) is 0 Å². The second-order valence-electron chi connectivity index (χ2n) is 6.27. The van der Waals surface area contributed by atoms with Gasteiger partial charge in [-0.3, -0.25) is 4.79 Å². The lowest BCUT2D eigenvalue weighted by Gasteiger charge is -2.18. The number of thiophene rings is 1. The molecule has 2 rings (SSSR count). The Kier molecular flexibility index (Phi) is 5.54. The lowest BCUT2D eigenvalue weighted by molar-refractivity contribution is -0.143. The fraction of sp³-hybridized carbons (Fsp3) is 0.529. The van der Waals surface area contributed by atoms with Crippen LogP contribution in [0.25, 0.3) is 10.2 Å². The maximum atomic E-state index is 12.7. The van der Waals surface area contributed by atoms with E-state index < -0.39 is 12.0 Å². The van der Waals surface area contributed by atoms with Crippen molar-refractivity contribution in [3.8, 4) is 0 Å². The molecular formula is C17H23N3O3S. The zero-order chi connectivity index (χ0) is 18.0.